The second kappa shape index (κ2) is 5.00. The first-order chi connectivity index (χ1) is 7.06. The number of halogens is 1. The van der Waals surface area contributed by atoms with Crippen molar-refractivity contribution in [2.24, 2.45) is 5.73 Å². The molecule has 4 nitrogen and oxygen atoms in total. The van der Waals surface area contributed by atoms with Crippen LogP contribution in [-0.2, 0) is 16.0 Å². The molecule has 0 saturated carbocycles. The number of carbonyl (C=O) groups excluding carboxylic acids is 1. The number of aromatic hydroxyl groups is 1. The Hall–Kier alpha value is -1.26. The Morgan fingerprint density at radius 2 is 2.33 bits per heavy atom. The van der Waals surface area contributed by atoms with Gasteiger partial charge in [-0.15, -0.1) is 0 Å². The lowest BCUT2D eigenvalue weighted by atomic mass is 10.1. The van der Waals surface area contributed by atoms with Crippen LogP contribution in [0.25, 0.3) is 0 Å². The van der Waals surface area contributed by atoms with Crippen molar-refractivity contribution in [2.45, 2.75) is 12.5 Å². The molecule has 0 aliphatic rings. The van der Waals surface area contributed by atoms with E-state index in [-0.39, 0.29) is 12.2 Å². The van der Waals surface area contributed by atoms with Gasteiger partial charge in [-0.2, -0.15) is 0 Å². The van der Waals surface area contributed by atoms with E-state index in [2.05, 4.69) is 4.74 Å². The molecule has 0 bridgehead atoms. The number of phenols is 1. The summed E-state index contributed by atoms with van der Waals surface area (Å²) in [7, 11) is 1.26. The molecular weight excluding hydrogens is 218 g/mol. The molecule has 1 rings (SSSR count). The molecule has 0 aliphatic carbocycles. The minimum atomic E-state index is -0.819. The summed E-state index contributed by atoms with van der Waals surface area (Å²) >= 11 is 5.85. The molecular formula is C10H12ClNO3. The Labute approximate surface area is 92.6 Å². The molecule has 5 heteroatoms. The Kier molecular flexibility index (Phi) is 3.94. The monoisotopic (exact) mass is 229 g/mol. The van der Waals surface area contributed by atoms with E-state index >= 15 is 0 Å². The van der Waals surface area contributed by atoms with Gasteiger partial charge in [0.25, 0.3) is 0 Å². The SMILES string of the molecule is COC(=O)C(N)Cc1c(O)cccc1Cl. The van der Waals surface area contributed by atoms with E-state index < -0.39 is 12.0 Å². The topological polar surface area (TPSA) is 72.5 Å². The summed E-state index contributed by atoms with van der Waals surface area (Å²) in [6.07, 6.45) is 0.151. The molecule has 0 amide bonds. The van der Waals surface area contributed by atoms with Crippen LogP contribution in [0.15, 0.2) is 18.2 Å². The van der Waals surface area contributed by atoms with Crippen LogP contribution < -0.4 is 5.73 Å². The molecule has 0 spiro atoms. The first-order valence-corrected chi connectivity index (χ1v) is 4.73. The van der Waals surface area contributed by atoms with Crippen molar-refractivity contribution >= 4 is 17.6 Å². The largest absolute Gasteiger partial charge is 0.508 e. The molecule has 1 unspecified atom stereocenters. The highest BCUT2D eigenvalue weighted by Crippen LogP contribution is 2.26. The van der Waals surface area contributed by atoms with Crippen molar-refractivity contribution in [3.8, 4) is 5.75 Å². The zero-order valence-corrected chi connectivity index (χ0v) is 8.99. The maximum absolute atomic E-state index is 11.1. The summed E-state index contributed by atoms with van der Waals surface area (Å²) in [5.74, 6) is -0.504. The van der Waals surface area contributed by atoms with Gasteiger partial charge in [-0.25, -0.2) is 0 Å². The molecule has 0 aliphatic heterocycles. The van der Waals surface area contributed by atoms with Gasteiger partial charge in [-0.3, -0.25) is 4.79 Å². The second-order valence-electron chi connectivity index (χ2n) is 3.07. The van der Waals surface area contributed by atoms with Crippen LogP contribution in [0.3, 0.4) is 0 Å². The van der Waals surface area contributed by atoms with Crippen LogP contribution in [-0.4, -0.2) is 24.2 Å². The Balaban J connectivity index is 2.85. The molecule has 0 radical (unpaired) electrons. The number of carbonyl (C=O) groups is 1. The third-order valence-corrected chi connectivity index (χ3v) is 2.38. The van der Waals surface area contributed by atoms with Crippen LogP contribution in [0.5, 0.6) is 5.75 Å². The summed E-state index contributed by atoms with van der Waals surface area (Å²) in [6.45, 7) is 0. The van der Waals surface area contributed by atoms with Crippen molar-refractivity contribution < 1.29 is 14.6 Å². The number of methoxy groups -OCH3 is 1. The lowest BCUT2D eigenvalue weighted by Crippen LogP contribution is -2.33. The van der Waals surface area contributed by atoms with E-state index in [0.29, 0.717) is 10.6 Å². The molecule has 15 heavy (non-hydrogen) atoms. The van der Waals surface area contributed by atoms with Gasteiger partial charge in [0.05, 0.1) is 7.11 Å². The quantitative estimate of drug-likeness (QED) is 0.761. The van der Waals surface area contributed by atoms with Crippen molar-refractivity contribution in [3.05, 3.63) is 28.8 Å². The van der Waals surface area contributed by atoms with Crippen molar-refractivity contribution in [3.63, 3.8) is 0 Å². The van der Waals surface area contributed by atoms with E-state index in [0.717, 1.165) is 0 Å². The minimum Gasteiger partial charge on any atom is -0.508 e. The van der Waals surface area contributed by atoms with Gasteiger partial charge in [0.15, 0.2) is 0 Å². The van der Waals surface area contributed by atoms with E-state index in [4.69, 9.17) is 17.3 Å². The number of nitrogens with two attached hydrogens (primary N) is 1. The fourth-order valence-corrected chi connectivity index (χ4v) is 1.45. The van der Waals surface area contributed by atoms with Crippen LogP contribution in [0.4, 0.5) is 0 Å². The van der Waals surface area contributed by atoms with Crippen LogP contribution >= 0.6 is 11.6 Å². The van der Waals surface area contributed by atoms with Crippen LogP contribution in [0, 0.1) is 0 Å². The van der Waals surface area contributed by atoms with Gasteiger partial charge in [0.1, 0.15) is 11.8 Å². The Morgan fingerprint density at radius 1 is 1.67 bits per heavy atom. The average molecular weight is 230 g/mol. The van der Waals surface area contributed by atoms with E-state index in [1.807, 2.05) is 0 Å². The fourth-order valence-electron chi connectivity index (χ4n) is 1.20. The van der Waals surface area contributed by atoms with Gasteiger partial charge in [0, 0.05) is 17.0 Å². The Bertz CT molecular complexity index is 347. The third kappa shape index (κ3) is 2.84. The average Bonchev–Trinajstić information content (AvgIpc) is 2.22. The number of hydrogen-bond acceptors (Lipinski definition) is 4. The Morgan fingerprint density at radius 3 is 2.87 bits per heavy atom. The number of hydrogen-bond donors (Lipinski definition) is 2. The number of esters is 1. The normalized spacial score (nSPS) is 12.2. The zero-order valence-electron chi connectivity index (χ0n) is 8.24. The molecule has 0 aromatic heterocycles. The smallest absolute Gasteiger partial charge is 0.322 e. The second-order valence-corrected chi connectivity index (χ2v) is 3.48. The first kappa shape index (κ1) is 11.8. The summed E-state index contributed by atoms with van der Waals surface area (Å²) in [5.41, 5.74) is 6.01. The van der Waals surface area contributed by atoms with Gasteiger partial charge in [0.2, 0.25) is 0 Å². The molecule has 1 atom stereocenters. The fraction of sp³-hybridized carbons (Fsp3) is 0.300. The predicted octanol–water partition coefficient (Wildman–Crippen LogP) is 1.09. The summed E-state index contributed by atoms with van der Waals surface area (Å²) in [4.78, 5) is 11.1. The maximum atomic E-state index is 11.1. The van der Waals surface area contributed by atoms with Gasteiger partial charge < -0.3 is 15.6 Å². The predicted molar refractivity (Wildman–Crippen MR) is 56.8 cm³/mol. The van der Waals surface area contributed by atoms with Crippen molar-refractivity contribution in [2.75, 3.05) is 7.11 Å². The summed E-state index contributed by atoms with van der Waals surface area (Å²) in [5, 5.41) is 9.89. The number of phenolic OH excluding ortho intramolecular Hbond substituents is 1. The zero-order chi connectivity index (χ0) is 11.4. The van der Waals surface area contributed by atoms with Crippen LogP contribution in [0.2, 0.25) is 5.02 Å². The van der Waals surface area contributed by atoms with E-state index in [1.165, 1.54) is 13.2 Å². The number of ether oxygens (including phenoxy) is 1. The molecule has 0 saturated heterocycles. The van der Waals surface area contributed by atoms with Crippen molar-refractivity contribution in [1.82, 2.24) is 0 Å². The van der Waals surface area contributed by atoms with Crippen LogP contribution in [0.1, 0.15) is 5.56 Å². The third-order valence-electron chi connectivity index (χ3n) is 2.02. The van der Waals surface area contributed by atoms with Gasteiger partial charge in [-0.05, 0) is 12.1 Å². The molecule has 0 fully saturated rings. The van der Waals surface area contributed by atoms with E-state index in [1.54, 1.807) is 12.1 Å². The molecule has 3 N–H and O–H groups in total. The lowest BCUT2D eigenvalue weighted by molar-refractivity contribution is -0.142. The van der Waals surface area contributed by atoms with Gasteiger partial charge in [-0.1, -0.05) is 17.7 Å². The highest BCUT2D eigenvalue weighted by Gasteiger charge is 2.17. The highest BCUT2D eigenvalue weighted by atomic mass is 35.5. The molecule has 0 heterocycles. The summed E-state index contributed by atoms with van der Waals surface area (Å²) < 4.78 is 4.48. The highest BCUT2D eigenvalue weighted by molar-refractivity contribution is 6.31. The number of rotatable bonds is 3. The molecule has 1 aromatic rings. The van der Waals surface area contributed by atoms with Gasteiger partial charge >= 0.3 is 5.97 Å². The minimum absolute atomic E-state index is 0.0295. The van der Waals surface area contributed by atoms with E-state index in [9.17, 15) is 9.90 Å². The lowest BCUT2D eigenvalue weighted by Gasteiger charge is -2.11. The summed E-state index contributed by atoms with van der Waals surface area (Å²) in [6, 6.07) is 3.91. The number of benzene rings is 1. The maximum Gasteiger partial charge on any atom is 0.322 e. The van der Waals surface area contributed by atoms with Crippen molar-refractivity contribution in [1.29, 1.82) is 0 Å². The standard InChI is InChI=1S/C10H12ClNO3/c1-15-10(14)8(12)5-6-7(11)3-2-4-9(6)13/h2-4,8,13H,5,12H2,1H3. The molecule has 1 aromatic carbocycles. The molecule has 82 valence electrons. The first-order valence-electron chi connectivity index (χ1n) is 4.36.